The zero-order valence-electron chi connectivity index (χ0n) is 11.4. The molecule has 1 aromatic carbocycles. The molecule has 0 radical (unpaired) electrons. The van der Waals surface area contributed by atoms with Crippen LogP contribution in [0.25, 0.3) is 0 Å². The van der Waals surface area contributed by atoms with E-state index >= 15 is 0 Å². The van der Waals surface area contributed by atoms with Gasteiger partial charge in [-0.1, -0.05) is 47.6 Å². The molecular formula is C15H19Cl3N2. The maximum atomic E-state index is 6.38. The Morgan fingerprint density at radius 3 is 2.40 bits per heavy atom. The van der Waals surface area contributed by atoms with Gasteiger partial charge in [-0.15, -0.1) is 0 Å². The highest BCUT2D eigenvalue weighted by atomic mass is 35.5. The second kappa shape index (κ2) is 5.92. The quantitative estimate of drug-likeness (QED) is 0.745. The molecule has 20 heavy (non-hydrogen) atoms. The minimum atomic E-state index is 0.256. The summed E-state index contributed by atoms with van der Waals surface area (Å²) in [6.45, 7) is 3.09. The monoisotopic (exact) mass is 332 g/mol. The number of hydrogen-bond donors (Lipinski definition) is 1. The summed E-state index contributed by atoms with van der Waals surface area (Å²) in [5.41, 5.74) is 1.27. The van der Waals surface area contributed by atoms with Crippen LogP contribution in [0.1, 0.15) is 32.1 Å². The third-order valence-electron chi connectivity index (χ3n) is 4.49. The molecule has 3 rings (SSSR count). The summed E-state index contributed by atoms with van der Waals surface area (Å²) in [5, 5.41) is 5.54. The Kier molecular flexibility index (Phi) is 4.37. The minimum absolute atomic E-state index is 0.256. The molecule has 1 aliphatic carbocycles. The molecule has 5 heteroatoms. The number of nitrogens with one attached hydrogen (secondary N) is 1. The van der Waals surface area contributed by atoms with Crippen molar-refractivity contribution in [2.24, 2.45) is 0 Å². The molecule has 2 nitrogen and oxygen atoms in total. The van der Waals surface area contributed by atoms with Gasteiger partial charge in [0, 0.05) is 18.6 Å². The maximum absolute atomic E-state index is 6.38. The Bertz CT molecular complexity index is 498. The molecule has 110 valence electrons. The van der Waals surface area contributed by atoms with E-state index in [-0.39, 0.29) is 5.54 Å². The van der Waals surface area contributed by atoms with E-state index in [1.807, 2.05) is 6.07 Å². The molecule has 1 N–H and O–H groups in total. The molecule has 0 bridgehead atoms. The van der Waals surface area contributed by atoms with E-state index in [1.54, 1.807) is 6.07 Å². The minimum Gasteiger partial charge on any atom is -0.368 e. The molecular weight excluding hydrogens is 315 g/mol. The highest BCUT2D eigenvalue weighted by Crippen LogP contribution is 2.38. The molecule has 0 atom stereocenters. The molecule has 1 aliphatic heterocycles. The molecule has 1 saturated heterocycles. The van der Waals surface area contributed by atoms with Crippen LogP contribution in [0.15, 0.2) is 12.1 Å². The van der Waals surface area contributed by atoms with Gasteiger partial charge in [-0.25, -0.2) is 0 Å². The predicted molar refractivity (Wildman–Crippen MR) is 87.5 cm³/mol. The molecule has 1 spiro atoms. The van der Waals surface area contributed by atoms with Crippen molar-refractivity contribution < 1.29 is 0 Å². The van der Waals surface area contributed by atoms with Crippen LogP contribution in [-0.4, -0.2) is 25.2 Å². The van der Waals surface area contributed by atoms with Crippen molar-refractivity contribution >= 4 is 40.5 Å². The molecule has 1 saturated carbocycles. The van der Waals surface area contributed by atoms with E-state index in [2.05, 4.69) is 10.2 Å². The zero-order valence-corrected chi connectivity index (χ0v) is 13.7. The highest BCUT2D eigenvalue weighted by molar-refractivity contribution is 6.44. The standard InChI is InChI=1S/C15H19Cl3N2/c16-11-8-13(18)14(9-12(11)17)20-7-3-6-19-15(10-20)4-1-2-5-15/h8-9,19H,1-7,10H2. The normalized spacial score (nSPS) is 22.2. The third-order valence-corrected chi connectivity index (χ3v) is 5.51. The van der Waals surface area contributed by atoms with E-state index in [1.165, 1.54) is 25.7 Å². The first kappa shape index (κ1) is 14.8. The van der Waals surface area contributed by atoms with Crippen molar-refractivity contribution in [3.63, 3.8) is 0 Å². The fourth-order valence-electron chi connectivity index (χ4n) is 3.47. The SMILES string of the molecule is Clc1cc(Cl)c(N2CCCNC3(CCCC3)C2)cc1Cl. The molecule has 1 aromatic rings. The summed E-state index contributed by atoms with van der Waals surface area (Å²) >= 11 is 18.6. The van der Waals surface area contributed by atoms with E-state index in [0.717, 1.165) is 31.7 Å². The van der Waals surface area contributed by atoms with Crippen LogP contribution >= 0.6 is 34.8 Å². The van der Waals surface area contributed by atoms with Crippen LogP contribution in [0.2, 0.25) is 15.1 Å². The Morgan fingerprint density at radius 1 is 0.950 bits per heavy atom. The summed E-state index contributed by atoms with van der Waals surface area (Å²) in [5.74, 6) is 0. The van der Waals surface area contributed by atoms with Gasteiger partial charge < -0.3 is 10.2 Å². The van der Waals surface area contributed by atoms with Crippen LogP contribution in [0, 0.1) is 0 Å². The van der Waals surface area contributed by atoms with Gasteiger partial charge in [0.25, 0.3) is 0 Å². The van der Waals surface area contributed by atoms with Gasteiger partial charge in [0.05, 0.1) is 20.8 Å². The summed E-state index contributed by atoms with van der Waals surface area (Å²) in [7, 11) is 0. The number of benzene rings is 1. The number of nitrogens with zero attached hydrogens (tertiary/aromatic N) is 1. The van der Waals surface area contributed by atoms with Crippen LogP contribution in [0.4, 0.5) is 5.69 Å². The van der Waals surface area contributed by atoms with Gasteiger partial charge >= 0.3 is 0 Å². The average molecular weight is 334 g/mol. The fourth-order valence-corrected chi connectivity index (χ4v) is 4.13. The van der Waals surface area contributed by atoms with Gasteiger partial charge in [0.1, 0.15) is 0 Å². The summed E-state index contributed by atoms with van der Waals surface area (Å²) in [4.78, 5) is 2.37. The molecule has 2 aliphatic rings. The Balaban J connectivity index is 1.90. The first-order valence-corrected chi connectivity index (χ1v) is 8.38. The Hall–Kier alpha value is -0.150. The van der Waals surface area contributed by atoms with Crippen LogP contribution in [-0.2, 0) is 0 Å². The summed E-state index contributed by atoms with van der Waals surface area (Å²) < 4.78 is 0. The van der Waals surface area contributed by atoms with Crippen molar-refractivity contribution in [3.8, 4) is 0 Å². The maximum Gasteiger partial charge on any atom is 0.0655 e. The third kappa shape index (κ3) is 2.89. The van der Waals surface area contributed by atoms with E-state index < -0.39 is 0 Å². The lowest BCUT2D eigenvalue weighted by atomic mass is 9.97. The Morgan fingerprint density at radius 2 is 1.65 bits per heavy atom. The van der Waals surface area contributed by atoms with Crippen LogP contribution in [0.5, 0.6) is 0 Å². The van der Waals surface area contributed by atoms with Gasteiger partial charge in [0.15, 0.2) is 0 Å². The number of anilines is 1. The second-order valence-electron chi connectivity index (χ2n) is 5.91. The van der Waals surface area contributed by atoms with Crippen LogP contribution in [0.3, 0.4) is 0 Å². The smallest absolute Gasteiger partial charge is 0.0655 e. The molecule has 0 amide bonds. The molecule has 1 heterocycles. The number of rotatable bonds is 1. The first-order valence-electron chi connectivity index (χ1n) is 7.24. The van der Waals surface area contributed by atoms with Crippen LogP contribution < -0.4 is 10.2 Å². The second-order valence-corrected chi connectivity index (χ2v) is 7.13. The van der Waals surface area contributed by atoms with Gasteiger partial charge in [0.2, 0.25) is 0 Å². The number of hydrogen-bond acceptors (Lipinski definition) is 2. The van der Waals surface area contributed by atoms with Gasteiger partial charge in [-0.05, 0) is 37.9 Å². The molecule has 2 fully saturated rings. The highest BCUT2D eigenvalue weighted by Gasteiger charge is 2.36. The predicted octanol–water partition coefficient (Wildman–Crippen LogP) is 4.76. The summed E-state index contributed by atoms with van der Waals surface area (Å²) in [6, 6.07) is 3.65. The first-order chi connectivity index (χ1) is 9.60. The number of halogens is 3. The average Bonchev–Trinajstić information content (AvgIpc) is 2.75. The largest absolute Gasteiger partial charge is 0.368 e. The van der Waals surface area contributed by atoms with Gasteiger partial charge in [-0.3, -0.25) is 0 Å². The van der Waals surface area contributed by atoms with Crippen molar-refractivity contribution in [2.75, 3.05) is 24.5 Å². The summed E-state index contributed by atoms with van der Waals surface area (Å²) in [6.07, 6.45) is 6.26. The lowest BCUT2D eigenvalue weighted by Gasteiger charge is -2.35. The molecule has 0 aromatic heterocycles. The Labute approximate surface area is 135 Å². The zero-order chi connectivity index (χ0) is 14.2. The van der Waals surface area contributed by atoms with Crippen molar-refractivity contribution in [3.05, 3.63) is 27.2 Å². The van der Waals surface area contributed by atoms with E-state index in [4.69, 9.17) is 34.8 Å². The van der Waals surface area contributed by atoms with E-state index in [0.29, 0.717) is 15.1 Å². The lowest BCUT2D eigenvalue weighted by molar-refractivity contribution is 0.354. The van der Waals surface area contributed by atoms with Crippen molar-refractivity contribution in [1.29, 1.82) is 0 Å². The van der Waals surface area contributed by atoms with Crippen molar-refractivity contribution in [1.82, 2.24) is 5.32 Å². The van der Waals surface area contributed by atoms with Gasteiger partial charge in [-0.2, -0.15) is 0 Å². The lowest BCUT2D eigenvalue weighted by Crippen LogP contribution is -2.49. The van der Waals surface area contributed by atoms with Crippen molar-refractivity contribution in [2.45, 2.75) is 37.6 Å². The van der Waals surface area contributed by atoms with E-state index in [9.17, 15) is 0 Å². The topological polar surface area (TPSA) is 15.3 Å². The fraction of sp³-hybridized carbons (Fsp3) is 0.600. The molecule has 0 unspecified atom stereocenters.